The van der Waals surface area contributed by atoms with E-state index >= 15 is 0 Å². The van der Waals surface area contributed by atoms with Crippen LogP contribution in [0.4, 0.5) is 0 Å². The van der Waals surface area contributed by atoms with Gasteiger partial charge in [-0.05, 0) is 46.7 Å². The summed E-state index contributed by atoms with van der Waals surface area (Å²) in [6, 6.07) is 8.77. The van der Waals surface area contributed by atoms with E-state index < -0.39 is 0 Å². The van der Waals surface area contributed by atoms with Crippen molar-refractivity contribution >= 4 is 5.91 Å². The number of hydrogen-bond donors (Lipinski definition) is 1. The molecule has 2 aromatic heterocycles. The van der Waals surface area contributed by atoms with Crippen LogP contribution in [0.1, 0.15) is 22.3 Å². The van der Waals surface area contributed by atoms with Crippen LogP contribution in [0, 0.1) is 0 Å². The summed E-state index contributed by atoms with van der Waals surface area (Å²) in [5, 5.41) is 21.3. The number of hydrogen-bond acceptors (Lipinski definition) is 7. The summed E-state index contributed by atoms with van der Waals surface area (Å²) in [5.41, 5.74) is 2.04. The first-order valence-electron chi connectivity index (χ1n) is 9.17. The van der Waals surface area contributed by atoms with Gasteiger partial charge in [0, 0.05) is 45.1 Å². The van der Waals surface area contributed by atoms with Gasteiger partial charge in [0.25, 0.3) is 5.91 Å². The summed E-state index contributed by atoms with van der Waals surface area (Å²) in [4.78, 5) is 21.3. The number of carbonyl (C=O) groups excluding carboxylic acids is 1. The molecule has 3 heterocycles. The topological polar surface area (TPSA) is 100 Å². The molecular formula is C19H21N7O2. The second-order valence-electron chi connectivity index (χ2n) is 6.74. The molecule has 144 valence electrons. The Morgan fingerprint density at radius 2 is 2.07 bits per heavy atom. The first-order valence-corrected chi connectivity index (χ1v) is 9.17. The van der Waals surface area contributed by atoms with Crippen molar-refractivity contribution < 1.29 is 9.90 Å². The second-order valence-corrected chi connectivity index (χ2v) is 6.74. The normalized spacial score (nSPS) is 15.4. The molecule has 1 amide bonds. The molecular weight excluding hydrogens is 358 g/mol. The van der Waals surface area contributed by atoms with Gasteiger partial charge in [0.2, 0.25) is 0 Å². The number of pyridine rings is 1. The highest BCUT2D eigenvalue weighted by molar-refractivity contribution is 5.97. The van der Waals surface area contributed by atoms with E-state index in [9.17, 15) is 9.90 Å². The Labute approximate surface area is 162 Å². The molecule has 3 aromatic rings. The SMILES string of the molecule is O=C(c1cc(-n2cnnn2)ccc1O)N1CCCN(Cc2cccnc2)CC1. The molecule has 0 atom stereocenters. The van der Waals surface area contributed by atoms with Crippen LogP contribution < -0.4 is 0 Å². The molecule has 0 bridgehead atoms. The minimum Gasteiger partial charge on any atom is -0.507 e. The lowest BCUT2D eigenvalue weighted by Gasteiger charge is -2.22. The van der Waals surface area contributed by atoms with Crippen molar-refractivity contribution in [2.75, 3.05) is 26.2 Å². The fraction of sp³-hybridized carbons (Fsp3) is 0.316. The van der Waals surface area contributed by atoms with Crippen LogP contribution in [-0.2, 0) is 6.54 Å². The van der Waals surface area contributed by atoms with E-state index in [1.807, 2.05) is 12.3 Å². The number of rotatable bonds is 4. The minimum absolute atomic E-state index is 0.0433. The van der Waals surface area contributed by atoms with Crippen molar-refractivity contribution in [3.05, 3.63) is 60.2 Å². The van der Waals surface area contributed by atoms with Crippen molar-refractivity contribution in [3.8, 4) is 11.4 Å². The third-order valence-corrected chi connectivity index (χ3v) is 4.83. The number of nitrogens with zero attached hydrogens (tertiary/aromatic N) is 7. The van der Waals surface area contributed by atoms with Gasteiger partial charge in [-0.2, -0.15) is 0 Å². The van der Waals surface area contributed by atoms with Crippen molar-refractivity contribution in [1.82, 2.24) is 35.0 Å². The van der Waals surface area contributed by atoms with Gasteiger partial charge in [-0.3, -0.25) is 14.7 Å². The van der Waals surface area contributed by atoms with Gasteiger partial charge in [-0.15, -0.1) is 5.10 Å². The quantitative estimate of drug-likeness (QED) is 0.725. The van der Waals surface area contributed by atoms with Gasteiger partial charge in [-0.25, -0.2) is 4.68 Å². The van der Waals surface area contributed by atoms with E-state index in [0.717, 1.165) is 31.6 Å². The summed E-state index contributed by atoms with van der Waals surface area (Å²) < 4.78 is 1.45. The number of phenolic OH excluding ortho intramolecular Hbond substituents is 1. The number of phenols is 1. The van der Waals surface area contributed by atoms with Crippen LogP contribution in [0.5, 0.6) is 5.75 Å². The number of amides is 1. The Morgan fingerprint density at radius 3 is 2.86 bits per heavy atom. The average molecular weight is 379 g/mol. The van der Waals surface area contributed by atoms with E-state index in [0.29, 0.717) is 18.8 Å². The zero-order valence-corrected chi connectivity index (χ0v) is 15.3. The van der Waals surface area contributed by atoms with Crippen LogP contribution in [0.2, 0.25) is 0 Å². The lowest BCUT2D eigenvalue weighted by atomic mass is 10.1. The minimum atomic E-state index is -0.185. The highest BCUT2D eigenvalue weighted by atomic mass is 16.3. The standard InChI is InChI=1S/C19H21N7O2/c27-18-5-4-16(26-14-21-22-23-26)11-17(18)19(28)25-8-2-7-24(9-10-25)13-15-3-1-6-20-12-15/h1,3-6,11-12,14,27H,2,7-10,13H2. The summed E-state index contributed by atoms with van der Waals surface area (Å²) in [6.45, 7) is 3.75. The highest BCUT2D eigenvalue weighted by Gasteiger charge is 2.23. The molecule has 9 heteroatoms. The van der Waals surface area contributed by atoms with E-state index in [4.69, 9.17) is 0 Å². The molecule has 0 unspecified atom stereocenters. The average Bonchev–Trinajstić information content (AvgIpc) is 3.16. The molecule has 0 spiro atoms. The molecule has 1 fully saturated rings. The maximum Gasteiger partial charge on any atom is 0.257 e. The van der Waals surface area contributed by atoms with Crippen LogP contribution in [0.25, 0.3) is 5.69 Å². The van der Waals surface area contributed by atoms with Gasteiger partial charge < -0.3 is 10.0 Å². The van der Waals surface area contributed by atoms with E-state index in [-0.39, 0.29) is 17.2 Å². The third kappa shape index (κ3) is 3.99. The first-order chi connectivity index (χ1) is 13.7. The zero-order chi connectivity index (χ0) is 19.3. The molecule has 0 radical (unpaired) electrons. The molecule has 1 saturated heterocycles. The molecule has 28 heavy (non-hydrogen) atoms. The number of aromatic nitrogens is 5. The summed E-state index contributed by atoms with van der Waals surface area (Å²) in [5.74, 6) is -0.228. The third-order valence-electron chi connectivity index (χ3n) is 4.83. The molecule has 1 N–H and O–H groups in total. The molecule has 9 nitrogen and oxygen atoms in total. The smallest absolute Gasteiger partial charge is 0.257 e. The van der Waals surface area contributed by atoms with Crippen molar-refractivity contribution in [3.63, 3.8) is 0 Å². The Morgan fingerprint density at radius 1 is 1.14 bits per heavy atom. The van der Waals surface area contributed by atoms with E-state index in [1.165, 1.54) is 17.1 Å². The second kappa shape index (κ2) is 8.13. The fourth-order valence-electron chi connectivity index (χ4n) is 3.37. The highest BCUT2D eigenvalue weighted by Crippen LogP contribution is 2.23. The monoisotopic (exact) mass is 379 g/mol. The number of tetrazole rings is 1. The van der Waals surface area contributed by atoms with Crippen molar-refractivity contribution in [1.29, 1.82) is 0 Å². The zero-order valence-electron chi connectivity index (χ0n) is 15.3. The van der Waals surface area contributed by atoms with Gasteiger partial charge in [0.1, 0.15) is 12.1 Å². The predicted molar refractivity (Wildman–Crippen MR) is 101 cm³/mol. The number of aromatic hydroxyl groups is 1. The van der Waals surface area contributed by atoms with Crippen LogP contribution in [0.15, 0.2) is 49.1 Å². The largest absolute Gasteiger partial charge is 0.507 e. The van der Waals surface area contributed by atoms with E-state index in [2.05, 4.69) is 31.5 Å². The van der Waals surface area contributed by atoms with Gasteiger partial charge >= 0.3 is 0 Å². The summed E-state index contributed by atoms with van der Waals surface area (Å²) >= 11 is 0. The van der Waals surface area contributed by atoms with E-state index in [1.54, 1.807) is 23.2 Å². The fourth-order valence-corrected chi connectivity index (χ4v) is 3.37. The molecule has 0 aliphatic carbocycles. The first kappa shape index (κ1) is 18.1. The summed E-state index contributed by atoms with van der Waals surface area (Å²) in [7, 11) is 0. The molecule has 1 aliphatic heterocycles. The Hall–Kier alpha value is -3.33. The van der Waals surface area contributed by atoms with Crippen LogP contribution in [0.3, 0.4) is 0 Å². The predicted octanol–water partition coefficient (Wildman–Crippen LogP) is 1.11. The maximum atomic E-state index is 13.0. The molecule has 1 aromatic carbocycles. The number of benzene rings is 1. The van der Waals surface area contributed by atoms with Crippen LogP contribution >= 0.6 is 0 Å². The van der Waals surface area contributed by atoms with Crippen LogP contribution in [-0.4, -0.2) is 72.2 Å². The molecule has 0 saturated carbocycles. The molecule has 4 rings (SSSR count). The Balaban J connectivity index is 1.46. The van der Waals surface area contributed by atoms with Gasteiger partial charge in [-0.1, -0.05) is 6.07 Å². The van der Waals surface area contributed by atoms with Gasteiger partial charge in [0.05, 0.1) is 11.3 Å². The van der Waals surface area contributed by atoms with Crippen molar-refractivity contribution in [2.45, 2.75) is 13.0 Å². The Bertz CT molecular complexity index is 931. The maximum absolute atomic E-state index is 13.0. The molecule has 1 aliphatic rings. The summed E-state index contributed by atoms with van der Waals surface area (Å²) in [6.07, 6.45) is 5.96. The van der Waals surface area contributed by atoms with Gasteiger partial charge in [0.15, 0.2) is 0 Å². The lowest BCUT2D eigenvalue weighted by molar-refractivity contribution is 0.0758. The van der Waals surface area contributed by atoms with Crippen molar-refractivity contribution in [2.24, 2.45) is 0 Å². The lowest BCUT2D eigenvalue weighted by Crippen LogP contribution is -2.35. The Kier molecular flexibility index (Phi) is 5.24. The number of carbonyl (C=O) groups is 1.